The van der Waals surface area contributed by atoms with Crippen LogP contribution in [0.1, 0.15) is 20.3 Å². The van der Waals surface area contributed by atoms with Crippen LogP contribution in [0.3, 0.4) is 0 Å². The van der Waals surface area contributed by atoms with Crippen LogP contribution in [0.2, 0.25) is 0 Å². The van der Waals surface area contributed by atoms with Crippen LogP contribution in [0.4, 0.5) is 0 Å². The summed E-state index contributed by atoms with van der Waals surface area (Å²) in [5.41, 5.74) is 0.728. The van der Waals surface area contributed by atoms with Gasteiger partial charge in [0.2, 0.25) is 0 Å². The first-order chi connectivity index (χ1) is 7.92. The Bertz CT molecular complexity index is 500. The third-order valence-corrected chi connectivity index (χ3v) is 6.06. The van der Waals surface area contributed by atoms with E-state index in [1.54, 1.807) is 25.3 Å². The van der Waals surface area contributed by atoms with E-state index in [2.05, 4.69) is 0 Å². The van der Waals surface area contributed by atoms with Crippen molar-refractivity contribution in [2.75, 3.05) is 5.75 Å². The minimum absolute atomic E-state index is 0.127. The third-order valence-electron chi connectivity index (χ3n) is 2.67. The van der Waals surface area contributed by atoms with Gasteiger partial charge in [-0.3, -0.25) is 4.79 Å². The first kappa shape index (κ1) is 12.7. The lowest BCUT2D eigenvalue weighted by Gasteiger charge is -2.20. The number of sulfone groups is 1. The van der Waals surface area contributed by atoms with Crippen LogP contribution in [0.5, 0.6) is 0 Å². The van der Waals surface area contributed by atoms with Crippen molar-refractivity contribution in [2.45, 2.75) is 26.4 Å². The average Bonchev–Trinajstić information content (AvgIpc) is 2.56. The molecule has 17 heavy (non-hydrogen) atoms. The molecule has 0 spiro atoms. The molecule has 6 heteroatoms. The topological polar surface area (TPSA) is 60.4 Å². The zero-order chi connectivity index (χ0) is 12.6. The van der Waals surface area contributed by atoms with E-state index < -0.39 is 15.9 Å². The standard InChI is InChI=1S/C11H14O4S2/c1-7(2)10(12)15-9-3-5-16-11-8(9)4-6-17(11,13)14/h3,5,7,9H,4,6H2,1-2H3. The molecule has 0 radical (unpaired) electrons. The quantitative estimate of drug-likeness (QED) is 0.719. The van der Waals surface area contributed by atoms with Gasteiger partial charge in [0, 0.05) is 5.57 Å². The Morgan fingerprint density at radius 1 is 1.53 bits per heavy atom. The van der Waals surface area contributed by atoms with Crippen molar-refractivity contribution in [3.63, 3.8) is 0 Å². The van der Waals surface area contributed by atoms with Crippen LogP contribution >= 0.6 is 11.8 Å². The van der Waals surface area contributed by atoms with Gasteiger partial charge in [-0.1, -0.05) is 25.6 Å². The Labute approximate surface area is 105 Å². The molecule has 0 N–H and O–H groups in total. The van der Waals surface area contributed by atoms with E-state index in [-0.39, 0.29) is 17.6 Å². The summed E-state index contributed by atoms with van der Waals surface area (Å²) in [6.07, 6.45) is 1.70. The highest BCUT2D eigenvalue weighted by Crippen LogP contribution is 2.41. The molecule has 0 fully saturated rings. The summed E-state index contributed by atoms with van der Waals surface area (Å²) < 4.78 is 29.1. The molecule has 0 amide bonds. The van der Waals surface area contributed by atoms with Crippen molar-refractivity contribution in [2.24, 2.45) is 5.92 Å². The van der Waals surface area contributed by atoms with Gasteiger partial charge in [-0.05, 0) is 17.9 Å². The van der Waals surface area contributed by atoms with Crippen molar-refractivity contribution in [3.8, 4) is 0 Å². The number of carbonyl (C=O) groups excluding carboxylic acids is 1. The van der Waals surface area contributed by atoms with Gasteiger partial charge in [-0.15, -0.1) is 0 Å². The van der Waals surface area contributed by atoms with Crippen molar-refractivity contribution in [1.82, 2.24) is 0 Å². The second-order valence-corrected chi connectivity index (χ2v) is 7.56. The molecule has 2 aliphatic rings. The molecular formula is C11H14O4S2. The molecule has 0 aromatic carbocycles. The molecule has 0 aromatic rings. The minimum atomic E-state index is -3.14. The lowest BCUT2D eigenvalue weighted by Crippen LogP contribution is -2.22. The summed E-state index contributed by atoms with van der Waals surface area (Å²) in [7, 11) is -3.14. The van der Waals surface area contributed by atoms with E-state index in [1.165, 1.54) is 11.8 Å². The molecule has 0 bridgehead atoms. The normalized spacial score (nSPS) is 26.2. The highest BCUT2D eigenvalue weighted by molar-refractivity contribution is 8.20. The molecule has 2 aliphatic heterocycles. The summed E-state index contributed by atoms with van der Waals surface area (Å²) in [6, 6.07) is 0. The van der Waals surface area contributed by atoms with Gasteiger partial charge in [0.15, 0.2) is 9.84 Å². The van der Waals surface area contributed by atoms with Gasteiger partial charge in [-0.25, -0.2) is 8.42 Å². The predicted octanol–water partition coefficient (Wildman–Crippen LogP) is 1.84. The van der Waals surface area contributed by atoms with Crippen LogP contribution in [0, 0.1) is 5.92 Å². The van der Waals surface area contributed by atoms with Gasteiger partial charge in [0.25, 0.3) is 0 Å². The number of hydrogen-bond acceptors (Lipinski definition) is 5. The minimum Gasteiger partial charge on any atom is -0.453 e. The van der Waals surface area contributed by atoms with Gasteiger partial charge >= 0.3 is 5.97 Å². The van der Waals surface area contributed by atoms with E-state index >= 15 is 0 Å². The molecule has 1 unspecified atom stereocenters. The number of ether oxygens (including phenoxy) is 1. The van der Waals surface area contributed by atoms with Crippen LogP contribution in [-0.4, -0.2) is 26.2 Å². The predicted molar refractivity (Wildman–Crippen MR) is 66.9 cm³/mol. The number of thioether (sulfide) groups is 1. The summed E-state index contributed by atoms with van der Waals surface area (Å²) in [5.74, 6) is -0.384. The van der Waals surface area contributed by atoms with Gasteiger partial charge in [0.1, 0.15) is 10.3 Å². The molecule has 2 rings (SSSR count). The Hall–Kier alpha value is -0.750. The summed E-state index contributed by atoms with van der Waals surface area (Å²) >= 11 is 1.20. The Morgan fingerprint density at radius 3 is 2.88 bits per heavy atom. The second kappa shape index (κ2) is 4.49. The SMILES string of the molecule is CC(C)C(=O)OC1C=CSC2=C1CCS2(=O)=O. The average molecular weight is 274 g/mol. The number of esters is 1. The Morgan fingerprint density at radius 2 is 2.24 bits per heavy atom. The highest BCUT2D eigenvalue weighted by atomic mass is 32.3. The molecular weight excluding hydrogens is 260 g/mol. The molecule has 2 heterocycles. The monoisotopic (exact) mass is 274 g/mol. The van der Waals surface area contributed by atoms with Crippen molar-refractivity contribution >= 4 is 27.6 Å². The van der Waals surface area contributed by atoms with Gasteiger partial charge in [0.05, 0.1) is 11.7 Å². The fourth-order valence-electron chi connectivity index (χ4n) is 1.71. The third kappa shape index (κ3) is 2.42. The zero-order valence-electron chi connectivity index (χ0n) is 9.67. The number of hydrogen-bond donors (Lipinski definition) is 0. The smallest absolute Gasteiger partial charge is 0.309 e. The maximum absolute atomic E-state index is 11.7. The number of rotatable bonds is 2. The number of carbonyl (C=O) groups is 1. The molecule has 94 valence electrons. The lowest BCUT2D eigenvalue weighted by atomic mass is 10.1. The van der Waals surface area contributed by atoms with Crippen LogP contribution in [0.25, 0.3) is 0 Å². The van der Waals surface area contributed by atoms with Crippen LogP contribution in [-0.2, 0) is 19.4 Å². The fourth-order valence-corrected chi connectivity index (χ4v) is 4.72. The van der Waals surface area contributed by atoms with E-state index in [9.17, 15) is 13.2 Å². The van der Waals surface area contributed by atoms with Gasteiger partial charge in [-0.2, -0.15) is 0 Å². The van der Waals surface area contributed by atoms with E-state index in [0.29, 0.717) is 10.7 Å². The van der Waals surface area contributed by atoms with Crippen molar-refractivity contribution in [3.05, 3.63) is 21.3 Å². The molecule has 1 atom stereocenters. The van der Waals surface area contributed by atoms with Crippen molar-refractivity contribution in [1.29, 1.82) is 0 Å². The molecule has 0 saturated carbocycles. The Balaban J connectivity index is 2.23. The van der Waals surface area contributed by atoms with E-state index in [4.69, 9.17) is 4.74 Å². The van der Waals surface area contributed by atoms with E-state index in [0.717, 1.165) is 5.57 Å². The summed E-state index contributed by atoms with van der Waals surface area (Å²) in [5, 5.41) is 1.68. The van der Waals surface area contributed by atoms with Crippen LogP contribution in [0.15, 0.2) is 21.3 Å². The maximum atomic E-state index is 11.7. The first-order valence-corrected chi connectivity index (χ1v) is 7.94. The lowest BCUT2D eigenvalue weighted by molar-refractivity contribution is -0.149. The highest BCUT2D eigenvalue weighted by Gasteiger charge is 2.36. The molecule has 4 nitrogen and oxygen atoms in total. The van der Waals surface area contributed by atoms with Crippen molar-refractivity contribution < 1.29 is 17.9 Å². The second-order valence-electron chi connectivity index (χ2n) is 4.34. The van der Waals surface area contributed by atoms with Crippen LogP contribution < -0.4 is 0 Å². The summed E-state index contributed by atoms with van der Waals surface area (Å²) in [6.45, 7) is 3.51. The maximum Gasteiger partial charge on any atom is 0.309 e. The zero-order valence-corrected chi connectivity index (χ0v) is 11.3. The fraction of sp³-hybridized carbons (Fsp3) is 0.545. The van der Waals surface area contributed by atoms with E-state index in [1.807, 2.05) is 0 Å². The van der Waals surface area contributed by atoms with Gasteiger partial charge < -0.3 is 4.74 Å². The largest absolute Gasteiger partial charge is 0.453 e. The molecule has 0 aliphatic carbocycles. The molecule has 0 aromatic heterocycles. The first-order valence-electron chi connectivity index (χ1n) is 5.41. The summed E-state index contributed by atoms with van der Waals surface area (Å²) in [4.78, 5) is 11.5. The molecule has 0 saturated heterocycles. The Kier molecular flexibility index (Phi) is 3.36.